The van der Waals surface area contributed by atoms with Crippen molar-refractivity contribution in [3.8, 4) is 0 Å². The average Bonchev–Trinajstić information content (AvgIpc) is 2.83. The molecule has 1 heterocycles. The number of anilines is 1. The molecule has 122 valence electrons. The van der Waals surface area contributed by atoms with E-state index in [1.54, 1.807) is 6.92 Å². The first-order chi connectivity index (χ1) is 10.6. The van der Waals surface area contributed by atoms with Crippen molar-refractivity contribution in [3.63, 3.8) is 0 Å². The number of aryl methyl sites for hydroxylation is 1. The molecule has 4 nitrogen and oxygen atoms in total. The summed E-state index contributed by atoms with van der Waals surface area (Å²) in [5.41, 5.74) is 1.54. The van der Waals surface area contributed by atoms with Crippen molar-refractivity contribution >= 4 is 28.2 Å². The molecule has 0 atom stereocenters. The zero-order valence-corrected chi connectivity index (χ0v) is 14.5. The van der Waals surface area contributed by atoms with E-state index in [9.17, 15) is 9.59 Å². The van der Waals surface area contributed by atoms with E-state index in [-0.39, 0.29) is 17.8 Å². The first kappa shape index (κ1) is 17.0. The number of carbonyl (C=O) groups excluding carboxylic acids is 2. The molecule has 1 aliphatic carbocycles. The zero-order valence-electron chi connectivity index (χ0n) is 13.7. The highest BCUT2D eigenvalue weighted by atomic mass is 32.1. The summed E-state index contributed by atoms with van der Waals surface area (Å²) in [5, 5.41) is 3.65. The van der Waals surface area contributed by atoms with E-state index in [1.807, 2.05) is 13.8 Å². The first-order valence-corrected chi connectivity index (χ1v) is 9.00. The maximum atomic E-state index is 12.5. The highest BCUT2D eigenvalue weighted by Crippen LogP contribution is 2.35. The number of hydrogen-bond donors (Lipinski definition) is 1. The molecule has 0 aromatic carbocycles. The van der Waals surface area contributed by atoms with E-state index in [0.29, 0.717) is 17.2 Å². The van der Waals surface area contributed by atoms with Gasteiger partial charge >= 0.3 is 5.97 Å². The van der Waals surface area contributed by atoms with Gasteiger partial charge < -0.3 is 10.1 Å². The van der Waals surface area contributed by atoms with Crippen LogP contribution in [0.4, 0.5) is 5.00 Å². The van der Waals surface area contributed by atoms with E-state index in [2.05, 4.69) is 5.32 Å². The summed E-state index contributed by atoms with van der Waals surface area (Å²) in [7, 11) is 0. The molecule has 0 radical (unpaired) electrons. The van der Waals surface area contributed by atoms with E-state index < -0.39 is 0 Å². The molecule has 1 N–H and O–H groups in total. The van der Waals surface area contributed by atoms with E-state index in [1.165, 1.54) is 17.8 Å². The molecule has 1 saturated carbocycles. The predicted octanol–water partition coefficient (Wildman–Crippen LogP) is 4.31. The lowest BCUT2D eigenvalue weighted by atomic mass is 9.89. The minimum absolute atomic E-state index is 0.0501. The summed E-state index contributed by atoms with van der Waals surface area (Å²) in [6.07, 6.45) is 6.11. The van der Waals surface area contributed by atoms with Crippen molar-refractivity contribution in [2.45, 2.75) is 59.3 Å². The Morgan fingerprint density at radius 3 is 2.50 bits per heavy atom. The van der Waals surface area contributed by atoms with E-state index in [4.69, 9.17) is 4.74 Å². The van der Waals surface area contributed by atoms with Crippen LogP contribution in [-0.4, -0.2) is 18.5 Å². The van der Waals surface area contributed by atoms with Gasteiger partial charge in [-0.1, -0.05) is 26.2 Å². The molecule has 2 rings (SSSR count). The summed E-state index contributed by atoms with van der Waals surface area (Å²) < 4.78 is 5.17. The van der Waals surface area contributed by atoms with Gasteiger partial charge in [0, 0.05) is 10.8 Å². The van der Waals surface area contributed by atoms with Gasteiger partial charge in [0.15, 0.2) is 0 Å². The molecule has 0 saturated heterocycles. The molecule has 1 fully saturated rings. The molecule has 1 aromatic heterocycles. The van der Waals surface area contributed by atoms with Crippen molar-refractivity contribution in [2.24, 2.45) is 5.92 Å². The lowest BCUT2D eigenvalue weighted by Crippen LogP contribution is -2.25. The number of esters is 1. The summed E-state index contributed by atoms with van der Waals surface area (Å²) in [5.74, 6) is -0.201. The third kappa shape index (κ3) is 3.69. The van der Waals surface area contributed by atoms with E-state index in [0.717, 1.165) is 42.5 Å². The predicted molar refractivity (Wildman–Crippen MR) is 89.6 cm³/mol. The van der Waals surface area contributed by atoms with Gasteiger partial charge in [-0.2, -0.15) is 0 Å². The first-order valence-electron chi connectivity index (χ1n) is 8.18. The number of rotatable bonds is 5. The van der Waals surface area contributed by atoms with Crippen LogP contribution in [0, 0.1) is 12.8 Å². The quantitative estimate of drug-likeness (QED) is 0.821. The molecule has 0 bridgehead atoms. The maximum Gasteiger partial charge on any atom is 0.341 e. The Balaban J connectivity index is 2.22. The normalized spacial score (nSPS) is 15.6. The summed E-state index contributed by atoms with van der Waals surface area (Å²) in [6.45, 7) is 6.14. The number of nitrogens with one attached hydrogen (secondary N) is 1. The molecule has 1 aromatic rings. The standard InChI is InChI=1S/C17H25NO3S/c1-4-13-11(3)22-16(14(13)17(20)21-5-2)18-15(19)12-9-7-6-8-10-12/h12H,4-10H2,1-3H3,(H,18,19). The molecule has 0 unspecified atom stereocenters. The zero-order chi connectivity index (χ0) is 16.1. The molecule has 1 amide bonds. The van der Waals surface area contributed by atoms with Crippen LogP contribution in [0.25, 0.3) is 0 Å². The number of thiophene rings is 1. The average molecular weight is 323 g/mol. The topological polar surface area (TPSA) is 55.4 Å². The van der Waals surface area contributed by atoms with Crippen LogP contribution < -0.4 is 5.32 Å². The van der Waals surface area contributed by atoms with Gasteiger partial charge in [0.1, 0.15) is 5.00 Å². The van der Waals surface area contributed by atoms with Crippen LogP contribution >= 0.6 is 11.3 Å². The minimum Gasteiger partial charge on any atom is -0.462 e. The molecular weight excluding hydrogens is 298 g/mol. The van der Waals surface area contributed by atoms with Crippen molar-refractivity contribution < 1.29 is 14.3 Å². The van der Waals surface area contributed by atoms with Gasteiger partial charge in [-0.3, -0.25) is 4.79 Å². The Bertz CT molecular complexity index is 544. The largest absolute Gasteiger partial charge is 0.462 e. The van der Waals surface area contributed by atoms with Crippen LogP contribution in [0.1, 0.15) is 66.8 Å². The fraction of sp³-hybridized carbons (Fsp3) is 0.647. The SMILES string of the molecule is CCOC(=O)c1c(NC(=O)C2CCCCC2)sc(C)c1CC. The highest BCUT2D eigenvalue weighted by Gasteiger charge is 2.26. The number of ether oxygens (including phenoxy) is 1. The van der Waals surface area contributed by atoms with Crippen molar-refractivity contribution in [1.29, 1.82) is 0 Å². The third-order valence-corrected chi connectivity index (χ3v) is 5.32. The summed E-state index contributed by atoms with van der Waals surface area (Å²) in [6, 6.07) is 0. The third-order valence-electron chi connectivity index (χ3n) is 4.25. The van der Waals surface area contributed by atoms with Gasteiger partial charge in [-0.05, 0) is 38.7 Å². The monoisotopic (exact) mass is 323 g/mol. The summed E-state index contributed by atoms with van der Waals surface area (Å²) in [4.78, 5) is 25.8. The second kappa shape index (κ2) is 7.77. The van der Waals surface area contributed by atoms with Gasteiger partial charge in [0.25, 0.3) is 0 Å². The molecule has 0 spiro atoms. The Morgan fingerprint density at radius 1 is 1.23 bits per heavy atom. The van der Waals surface area contributed by atoms with E-state index >= 15 is 0 Å². The number of hydrogen-bond acceptors (Lipinski definition) is 4. The molecule has 22 heavy (non-hydrogen) atoms. The van der Waals surface area contributed by atoms with Crippen molar-refractivity contribution in [3.05, 3.63) is 16.0 Å². The van der Waals surface area contributed by atoms with Crippen LogP contribution in [0.2, 0.25) is 0 Å². The Hall–Kier alpha value is -1.36. The Morgan fingerprint density at radius 2 is 1.91 bits per heavy atom. The van der Waals surface area contributed by atoms with Crippen LogP contribution in [0.15, 0.2) is 0 Å². The van der Waals surface area contributed by atoms with Crippen molar-refractivity contribution in [1.82, 2.24) is 0 Å². The second-order valence-corrected chi connectivity index (χ2v) is 6.96. The Kier molecular flexibility index (Phi) is 6.00. The van der Waals surface area contributed by atoms with Gasteiger partial charge in [-0.15, -0.1) is 11.3 Å². The molecule has 0 aliphatic heterocycles. The fourth-order valence-electron chi connectivity index (χ4n) is 3.09. The smallest absolute Gasteiger partial charge is 0.341 e. The lowest BCUT2D eigenvalue weighted by Gasteiger charge is -2.20. The summed E-state index contributed by atoms with van der Waals surface area (Å²) >= 11 is 1.48. The second-order valence-electron chi connectivity index (χ2n) is 5.74. The Labute approximate surface area is 136 Å². The van der Waals surface area contributed by atoms with Gasteiger partial charge in [0.05, 0.1) is 12.2 Å². The van der Waals surface area contributed by atoms with Gasteiger partial charge in [0.2, 0.25) is 5.91 Å². The van der Waals surface area contributed by atoms with Crippen LogP contribution in [-0.2, 0) is 16.0 Å². The van der Waals surface area contributed by atoms with Crippen LogP contribution in [0.5, 0.6) is 0 Å². The molecular formula is C17H25NO3S. The molecule has 1 aliphatic rings. The lowest BCUT2D eigenvalue weighted by molar-refractivity contribution is -0.120. The number of amides is 1. The maximum absolute atomic E-state index is 12.5. The van der Waals surface area contributed by atoms with Crippen LogP contribution in [0.3, 0.4) is 0 Å². The fourth-order valence-corrected chi connectivity index (χ4v) is 4.23. The highest BCUT2D eigenvalue weighted by molar-refractivity contribution is 7.16. The van der Waals surface area contributed by atoms with Gasteiger partial charge in [-0.25, -0.2) is 4.79 Å². The minimum atomic E-state index is -0.331. The molecule has 5 heteroatoms. The van der Waals surface area contributed by atoms with Crippen molar-refractivity contribution in [2.75, 3.05) is 11.9 Å². The number of carbonyl (C=O) groups is 2.